The fraction of sp³-hybridized carbons (Fsp3) is 0.250. The topological polar surface area (TPSA) is 83.8 Å². The van der Waals surface area contributed by atoms with Crippen LogP contribution in [0.1, 0.15) is 0 Å². The summed E-state index contributed by atoms with van der Waals surface area (Å²) >= 11 is 0. The van der Waals surface area contributed by atoms with Gasteiger partial charge in [-0.25, -0.2) is 21.6 Å². The first kappa shape index (κ1) is 19.1. The fourth-order valence-electron chi connectivity index (χ4n) is 2.87. The largest absolute Gasteiger partial charge is 0.363 e. The third-order valence-corrected chi connectivity index (χ3v) is 6.14. The standard InChI is InChI=1S/C16H14F3N3O4S/c17-11-1-4-15(16(9-11)22(23)24)20-5-7-21(8-6-20)27(25,26)12-2-3-13(18)14(19)10-12/h1-4,9-10H,5-8H2. The van der Waals surface area contributed by atoms with Crippen LogP contribution >= 0.6 is 0 Å². The van der Waals surface area contributed by atoms with Crippen molar-refractivity contribution in [1.82, 2.24) is 4.31 Å². The Morgan fingerprint density at radius 3 is 2.19 bits per heavy atom. The first-order valence-corrected chi connectivity index (χ1v) is 9.28. The van der Waals surface area contributed by atoms with Crippen molar-refractivity contribution in [2.24, 2.45) is 0 Å². The molecule has 0 amide bonds. The summed E-state index contributed by atoms with van der Waals surface area (Å²) in [6, 6.07) is 5.49. The smallest absolute Gasteiger partial charge is 0.295 e. The monoisotopic (exact) mass is 401 g/mol. The van der Waals surface area contributed by atoms with E-state index in [9.17, 15) is 31.7 Å². The average molecular weight is 401 g/mol. The molecule has 11 heteroatoms. The van der Waals surface area contributed by atoms with Crippen molar-refractivity contribution in [3.63, 3.8) is 0 Å². The lowest BCUT2D eigenvalue weighted by Gasteiger charge is -2.35. The molecule has 27 heavy (non-hydrogen) atoms. The first-order chi connectivity index (χ1) is 12.7. The van der Waals surface area contributed by atoms with Crippen molar-refractivity contribution in [3.05, 3.63) is 64.0 Å². The van der Waals surface area contributed by atoms with E-state index >= 15 is 0 Å². The third-order valence-electron chi connectivity index (χ3n) is 4.24. The molecular weight excluding hydrogens is 387 g/mol. The van der Waals surface area contributed by atoms with Crippen molar-refractivity contribution >= 4 is 21.4 Å². The Hall–Kier alpha value is -2.66. The molecule has 1 aliphatic heterocycles. The maximum Gasteiger partial charge on any atom is 0.295 e. The van der Waals surface area contributed by atoms with Gasteiger partial charge in [-0.1, -0.05) is 0 Å². The van der Waals surface area contributed by atoms with Crippen LogP contribution in [0, 0.1) is 27.6 Å². The van der Waals surface area contributed by atoms with Gasteiger partial charge in [-0.15, -0.1) is 0 Å². The van der Waals surface area contributed by atoms with Gasteiger partial charge in [0.2, 0.25) is 10.0 Å². The van der Waals surface area contributed by atoms with E-state index in [1.54, 1.807) is 4.90 Å². The Bertz CT molecular complexity index is 992. The van der Waals surface area contributed by atoms with Gasteiger partial charge < -0.3 is 4.90 Å². The number of anilines is 1. The highest BCUT2D eigenvalue weighted by molar-refractivity contribution is 7.89. The van der Waals surface area contributed by atoms with E-state index in [1.807, 2.05) is 0 Å². The molecule has 7 nitrogen and oxygen atoms in total. The molecule has 2 aromatic carbocycles. The van der Waals surface area contributed by atoms with Crippen molar-refractivity contribution in [1.29, 1.82) is 0 Å². The molecule has 1 saturated heterocycles. The minimum Gasteiger partial charge on any atom is -0.363 e. The third kappa shape index (κ3) is 3.74. The fourth-order valence-corrected chi connectivity index (χ4v) is 4.30. The molecule has 144 valence electrons. The second-order valence-electron chi connectivity index (χ2n) is 5.86. The number of sulfonamides is 1. The molecule has 1 fully saturated rings. The number of nitro groups is 1. The molecule has 0 unspecified atom stereocenters. The van der Waals surface area contributed by atoms with Crippen molar-refractivity contribution < 1.29 is 26.5 Å². The van der Waals surface area contributed by atoms with E-state index in [-0.39, 0.29) is 36.8 Å². The molecule has 2 aromatic rings. The number of nitrogens with zero attached hydrogens (tertiary/aromatic N) is 3. The Morgan fingerprint density at radius 2 is 1.59 bits per heavy atom. The molecular formula is C16H14F3N3O4S. The minimum atomic E-state index is -4.03. The minimum absolute atomic E-state index is 0.0180. The summed E-state index contributed by atoms with van der Waals surface area (Å²) in [6.07, 6.45) is 0. The highest BCUT2D eigenvalue weighted by atomic mass is 32.2. The van der Waals surface area contributed by atoms with Crippen LogP contribution in [0.3, 0.4) is 0 Å². The number of nitro benzene ring substituents is 1. The summed E-state index contributed by atoms with van der Waals surface area (Å²) in [7, 11) is -4.03. The first-order valence-electron chi connectivity index (χ1n) is 7.84. The molecule has 0 radical (unpaired) electrons. The van der Waals surface area contributed by atoms with Gasteiger partial charge >= 0.3 is 0 Å². The Morgan fingerprint density at radius 1 is 0.926 bits per heavy atom. The lowest BCUT2D eigenvalue weighted by atomic mass is 10.2. The molecule has 1 heterocycles. The zero-order valence-electron chi connectivity index (χ0n) is 13.8. The average Bonchev–Trinajstić information content (AvgIpc) is 2.64. The van der Waals surface area contributed by atoms with Gasteiger partial charge in [-0.3, -0.25) is 10.1 Å². The molecule has 0 N–H and O–H groups in total. The zero-order valence-corrected chi connectivity index (χ0v) is 14.6. The van der Waals surface area contributed by atoms with Crippen LogP contribution in [0.2, 0.25) is 0 Å². The lowest BCUT2D eigenvalue weighted by molar-refractivity contribution is -0.384. The summed E-state index contributed by atoms with van der Waals surface area (Å²) in [4.78, 5) is 11.6. The van der Waals surface area contributed by atoms with Gasteiger partial charge in [-0.2, -0.15) is 4.31 Å². The highest BCUT2D eigenvalue weighted by Gasteiger charge is 2.31. The number of hydrogen-bond donors (Lipinski definition) is 0. The molecule has 3 rings (SSSR count). The van der Waals surface area contributed by atoms with Crippen LogP contribution in [0.4, 0.5) is 24.5 Å². The van der Waals surface area contributed by atoms with Crippen LogP contribution in [-0.2, 0) is 10.0 Å². The van der Waals surface area contributed by atoms with E-state index in [0.717, 1.165) is 28.6 Å². The van der Waals surface area contributed by atoms with Crippen molar-refractivity contribution in [3.8, 4) is 0 Å². The van der Waals surface area contributed by atoms with Gasteiger partial charge in [0.1, 0.15) is 11.5 Å². The number of piperazine rings is 1. The summed E-state index contributed by atoms with van der Waals surface area (Å²) in [5.41, 5.74) is -0.224. The predicted molar refractivity (Wildman–Crippen MR) is 90.4 cm³/mol. The van der Waals surface area contributed by atoms with Gasteiger partial charge in [0, 0.05) is 26.2 Å². The quantitative estimate of drug-likeness (QED) is 0.581. The van der Waals surface area contributed by atoms with E-state index in [2.05, 4.69) is 0 Å². The second kappa shape index (κ2) is 7.16. The molecule has 1 aliphatic rings. The molecule has 0 spiro atoms. The molecule has 0 saturated carbocycles. The second-order valence-corrected chi connectivity index (χ2v) is 7.80. The summed E-state index contributed by atoms with van der Waals surface area (Å²) < 4.78 is 65.9. The van der Waals surface area contributed by atoms with E-state index < -0.39 is 38.1 Å². The SMILES string of the molecule is O=[N+]([O-])c1cc(F)ccc1N1CCN(S(=O)(=O)c2ccc(F)c(F)c2)CC1. The molecule has 0 bridgehead atoms. The van der Waals surface area contributed by atoms with E-state index in [1.165, 1.54) is 6.07 Å². The van der Waals surface area contributed by atoms with Crippen LogP contribution < -0.4 is 4.90 Å². The van der Waals surface area contributed by atoms with Crippen molar-refractivity contribution in [2.75, 3.05) is 31.1 Å². The number of halogens is 3. The zero-order chi connectivity index (χ0) is 19.8. The number of rotatable bonds is 4. The van der Waals surface area contributed by atoms with Gasteiger partial charge in [0.05, 0.1) is 15.9 Å². The molecule has 0 atom stereocenters. The Balaban J connectivity index is 1.79. The van der Waals surface area contributed by atoms with E-state index in [0.29, 0.717) is 6.07 Å². The van der Waals surface area contributed by atoms with Gasteiger partial charge in [0.25, 0.3) is 5.69 Å². The number of hydrogen-bond acceptors (Lipinski definition) is 5. The van der Waals surface area contributed by atoms with Crippen LogP contribution in [0.5, 0.6) is 0 Å². The summed E-state index contributed by atoms with van der Waals surface area (Å²) in [5.74, 6) is -3.16. The maximum absolute atomic E-state index is 13.4. The van der Waals surface area contributed by atoms with Crippen molar-refractivity contribution in [2.45, 2.75) is 4.90 Å². The Kier molecular flexibility index (Phi) is 5.07. The van der Waals surface area contributed by atoms with Crippen LogP contribution in [0.15, 0.2) is 41.3 Å². The number of benzene rings is 2. The summed E-state index contributed by atoms with van der Waals surface area (Å²) in [6.45, 7) is 0.205. The lowest BCUT2D eigenvalue weighted by Crippen LogP contribution is -2.48. The molecule has 0 aliphatic carbocycles. The highest BCUT2D eigenvalue weighted by Crippen LogP contribution is 2.30. The Labute approximate surface area is 152 Å². The predicted octanol–water partition coefficient (Wildman–Crippen LogP) is 2.52. The van der Waals surface area contributed by atoms with Crippen LogP contribution in [0.25, 0.3) is 0 Å². The van der Waals surface area contributed by atoms with Gasteiger partial charge in [-0.05, 0) is 30.3 Å². The normalized spacial score (nSPS) is 15.7. The van der Waals surface area contributed by atoms with Crippen LogP contribution in [-0.4, -0.2) is 43.8 Å². The maximum atomic E-state index is 13.4. The van der Waals surface area contributed by atoms with Gasteiger partial charge in [0.15, 0.2) is 11.6 Å². The molecule has 0 aromatic heterocycles. The van der Waals surface area contributed by atoms with E-state index in [4.69, 9.17) is 0 Å². The summed E-state index contributed by atoms with van der Waals surface area (Å²) in [5, 5.41) is 11.1.